The van der Waals surface area contributed by atoms with Crippen molar-refractivity contribution >= 4 is 40.7 Å². The summed E-state index contributed by atoms with van der Waals surface area (Å²) in [5.41, 5.74) is 6.43. The third-order valence-corrected chi connectivity index (χ3v) is 5.48. The molecule has 9 nitrogen and oxygen atoms in total. The van der Waals surface area contributed by atoms with Gasteiger partial charge in [-0.15, -0.1) is 11.3 Å². The van der Waals surface area contributed by atoms with Crippen molar-refractivity contribution in [1.82, 2.24) is 14.5 Å². The van der Waals surface area contributed by atoms with Crippen LogP contribution in [0.25, 0.3) is 17.5 Å². The zero-order chi connectivity index (χ0) is 21.3. The summed E-state index contributed by atoms with van der Waals surface area (Å²) >= 11 is 0.940. The number of esters is 1. The van der Waals surface area contributed by atoms with Crippen LogP contribution in [0.15, 0.2) is 34.9 Å². The van der Waals surface area contributed by atoms with Crippen LogP contribution in [-0.2, 0) is 14.3 Å². The van der Waals surface area contributed by atoms with Gasteiger partial charge in [0.15, 0.2) is 0 Å². The Morgan fingerprint density at radius 1 is 1.43 bits per heavy atom. The van der Waals surface area contributed by atoms with E-state index in [1.165, 1.54) is 12.0 Å². The Kier molecular flexibility index (Phi) is 6.59. The minimum absolute atomic E-state index is 0. The molecule has 0 aliphatic carbocycles. The van der Waals surface area contributed by atoms with Gasteiger partial charge in [0.1, 0.15) is 15.0 Å². The van der Waals surface area contributed by atoms with E-state index in [1.807, 2.05) is 6.07 Å². The van der Waals surface area contributed by atoms with E-state index in [1.54, 1.807) is 38.6 Å². The summed E-state index contributed by atoms with van der Waals surface area (Å²) in [5.74, 6) is -1.99. The van der Waals surface area contributed by atoms with Crippen LogP contribution in [0.3, 0.4) is 0 Å². The van der Waals surface area contributed by atoms with E-state index in [2.05, 4.69) is 9.72 Å². The number of methoxy groups -OCH3 is 1. The van der Waals surface area contributed by atoms with Crippen molar-refractivity contribution in [3.05, 3.63) is 55.2 Å². The summed E-state index contributed by atoms with van der Waals surface area (Å²) in [6.45, 7) is 0. The maximum Gasteiger partial charge on any atom is 0.332 e. The molecule has 3 rings (SSSR count). The Bertz CT molecular complexity index is 1250. The third kappa shape index (κ3) is 3.62. The number of hydrogen-bond acceptors (Lipinski definition) is 8. The van der Waals surface area contributed by atoms with Crippen LogP contribution in [0.1, 0.15) is 18.9 Å². The summed E-state index contributed by atoms with van der Waals surface area (Å²) in [5, 5.41) is 9.80. The van der Waals surface area contributed by atoms with E-state index in [4.69, 9.17) is 5.73 Å². The number of rotatable bonds is 3. The quantitative estimate of drug-likeness (QED) is 0.658. The average molecular weight is 427 g/mol. The fourth-order valence-electron chi connectivity index (χ4n) is 3.04. The molecular formula is C20H21N5O4S. The predicted octanol–water partition coefficient (Wildman–Crippen LogP) is -0.418. The molecule has 0 spiro atoms. The number of allylic oxidation sites excluding steroid dienone is 1. The molecular weight excluding hydrogens is 406 g/mol. The van der Waals surface area contributed by atoms with E-state index in [9.17, 15) is 19.6 Å². The first-order valence-corrected chi connectivity index (χ1v) is 9.20. The van der Waals surface area contributed by atoms with Crippen molar-refractivity contribution < 1.29 is 14.3 Å². The number of amides is 1. The van der Waals surface area contributed by atoms with E-state index in [-0.39, 0.29) is 33.6 Å². The summed E-state index contributed by atoms with van der Waals surface area (Å²) in [4.78, 5) is 43.1. The van der Waals surface area contributed by atoms with E-state index in [0.29, 0.717) is 5.56 Å². The van der Waals surface area contributed by atoms with Crippen LogP contribution in [-0.4, -0.2) is 47.5 Å². The minimum atomic E-state index is -0.798. The molecule has 2 N–H and O–H groups in total. The summed E-state index contributed by atoms with van der Waals surface area (Å²) in [6.07, 6.45) is 4.15. The van der Waals surface area contributed by atoms with Gasteiger partial charge >= 0.3 is 5.97 Å². The number of nitrogens with zero attached hydrogens (tertiary/aromatic N) is 4. The molecule has 1 aliphatic heterocycles. The molecule has 10 heteroatoms. The zero-order valence-electron chi connectivity index (χ0n) is 15.9. The van der Waals surface area contributed by atoms with Gasteiger partial charge in [-0.05, 0) is 11.6 Å². The lowest BCUT2D eigenvalue weighted by atomic mass is 9.84. The van der Waals surface area contributed by atoms with Crippen LogP contribution in [0.4, 0.5) is 0 Å². The van der Waals surface area contributed by atoms with Crippen LogP contribution in [0.2, 0.25) is 0 Å². The van der Waals surface area contributed by atoms with Gasteiger partial charge in [0.25, 0.3) is 11.5 Å². The van der Waals surface area contributed by atoms with Crippen molar-refractivity contribution in [3.63, 3.8) is 0 Å². The van der Waals surface area contributed by atoms with Gasteiger partial charge in [0.2, 0.25) is 0 Å². The average Bonchev–Trinajstić information content (AvgIpc) is 3.03. The van der Waals surface area contributed by atoms with E-state index in [0.717, 1.165) is 22.0 Å². The van der Waals surface area contributed by atoms with Crippen molar-refractivity contribution in [2.45, 2.75) is 13.3 Å². The number of carbonyl (C=O) groups is 2. The normalized spacial score (nSPS) is 15.7. The van der Waals surface area contributed by atoms with Crippen LogP contribution in [0, 0.1) is 11.3 Å². The number of pyridine rings is 1. The SMILES string of the molecule is C.COC(=O)/C=c1\sc2n(c1=O)C(N)=C(C#N)C(c1cccnc1)C=2C(=O)N(C)C. The van der Waals surface area contributed by atoms with Crippen LogP contribution < -0.4 is 20.5 Å². The predicted molar refractivity (Wildman–Crippen MR) is 113 cm³/mol. The molecule has 1 unspecified atom stereocenters. The van der Waals surface area contributed by atoms with Crippen molar-refractivity contribution in [3.8, 4) is 6.07 Å². The second kappa shape index (κ2) is 8.75. The molecule has 0 saturated carbocycles. The summed E-state index contributed by atoms with van der Waals surface area (Å²) in [6, 6.07) is 5.45. The van der Waals surface area contributed by atoms with Crippen molar-refractivity contribution in [1.29, 1.82) is 5.26 Å². The molecule has 1 aliphatic rings. The Balaban J connectivity index is 0.00000320. The molecule has 3 heterocycles. The van der Waals surface area contributed by atoms with Gasteiger partial charge in [-0.2, -0.15) is 5.26 Å². The second-order valence-corrected chi connectivity index (χ2v) is 7.35. The molecule has 0 radical (unpaired) electrons. The molecule has 2 aromatic heterocycles. The lowest BCUT2D eigenvalue weighted by Gasteiger charge is -2.26. The lowest BCUT2D eigenvalue weighted by molar-refractivity contribution is -0.133. The van der Waals surface area contributed by atoms with Gasteiger partial charge in [0, 0.05) is 32.6 Å². The van der Waals surface area contributed by atoms with Gasteiger partial charge in [-0.25, -0.2) is 4.79 Å². The third-order valence-electron chi connectivity index (χ3n) is 4.37. The Labute approximate surface area is 176 Å². The molecule has 30 heavy (non-hydrogen) atoms. The number of nitrogens with two attached hydrogens (primary N) is 1. The van der Waals surface area contributed by atoms with Gasteiger partial charge in [-0.1, -0.05) is 13.5 Å². The van der Waals surface area contributed by atoms with Crippen molar-refractivity contribution in [2.24, 2.45) is 5.73 Å². The van der Waals surface area contributed by atoms with Crippen LogP contribution in [0.5, 0.6) is 0 Å². The zero-order valence-corrected chi connectivity index (χ0v) is 16.7. The second-order valence-electron chi connectivity index (χ2n) is 6.32. The monoisotopic (exact) mass is 427 g/mol. The minimum Gasteiger partial charge on any atom is -0.466 e. The molecule has 156 valence electrons. The highest BCUT2D eigenvalue weighted by atomic mass is 32.1. The maximum atomic E-state index is 13.1. The van der Waals surface area contributed by atoms with Crippen LogP contribution >= 0.6 is 11.3 Å². The lowest BCUT2D eigenvalue weighted by Crippen LogP contribution is -2.41. The summed E-state index contributed by atoms with van der Waals surface area (Å²) < 4.78 is 5.99. The molecule has 0 saturated heterocycles. The summed E-state index contributed by atoms with van der Waals surface area (Å²) in [7, 11) is 4.33. The number of thiazole rings is 1. The first kappa shape index (κ1) is 22.6. The molecule has 0 aromatic carbocycles. The first-order valence-electron chi connectivity index (χ1n) is 8.39. The molecule has 1 atom stereocenters. The van der Waals surface area contributed by atoms with Gasteiger partial charge < -0.3 is 15.4 Å². The highest BCUT2D eigenvalue weighted by Gasteiger charge is 2.36. The van der Waals surface area contributed by atoms with Gasteiger partial charge in [-0.3, -0.25) is 19.1 Å². The smallest absolute Gasteiger partial charge is 0.332 e. The Morgan fingerprint density at radius 3 is 2.67 bits per heavy atom. The van der Waals surface area contributed by atoms with Gasteiger partial charge in [0.05, 0.1) is 30.2 Å². The number of fused-ring (bicyclic) bond motifs is 1. The first-order chi connectivity index (χ1) is 13.8. The number of hydrogen-bond donors (Lipinski definition) is 1. The fourth-order valence-corrected chi connectivity index (χ4v) is 4.17. The molecule has 0 bridgehead atoms. The largest absolute Gasteiger partial charge is 0.466 e. The number of carbonyl (C=O) groups excluding carboxylic acids is 2. The number of ether oxygens (including phenoxy) is 1. The van der Waals surface area contributed by atoms with E-state index < -0.39 is 23.4 Å². The standard InChI is InChI=1S/C19H17N5O4S.CH4/c1-23(2)18(27)15-14(10-5-4-6-22-9-10)11(8-20)16(21)24-17(26)12(29-19(15)24)7-13(25)28-3;/h4-7,9,14H,21H2,1-3H3;1H4/b12-7-;. The maximum absolute atomic E-state index is 13.1. The number of aromatic nitrogens is 2. The highest BCUT2D eigenvalue weighted by Crippen LogP contribution is 2.36. The Hall–Kier alpha value is -3.71. The van der Waals surface area contributed by atoms with Crippen molar-refractivity contribution in [2.75, 3.05) is 21.2 Å². The fraction of sp³-hybridized carbons (Fsp3) is 0.250. The van der Waals surface area contributed by atoms with E-state index >= 15 is 0 Å². The Morgan fingerprint density at radius 2 is 2.13 bits per heavy atom. The highest BCUT2D eigenvalue weighted by molar-refractivity contribution is 7.07. The molecule has 1 amide bonds. The topological polar surface area (TPSA) is 131 Å². The molecule has 0 fully saturated rings. The molecule has 2 aromatic rings. The number of nitriles is 1.